The van der Waals surface area contributed by atoms with Gasteiger partial charge in [-0.15, -0.1) is 5.10 Å². The Hall–Kier alpha value is -2.24. The van der Waals surface area contributed by atoms with E-state index in [1.807, 2.05) is 16.8 Å². The minimum absolute atomic E-state index is 0.0115. The van der Waals surface area contributed by atoms with Crippen molar-refractivity contribution in [1.29, 1.82) is 0 Å². The van der Waals surface area contributed by atoms with Crippen molar-refractivity contribution in [2.45, 2.75) is 76.4 Å². The van der Waals surface area contributed by atoms with E-state index in [1.54, 1.807) is 12.4 Å². The minimum Gasteiger partial charge on any atom is -0.336 e. The Morgan fingerprint density at radius 1 is 1.19 bits per heavy atom. The van der Waals surface area contributed by atoms with Gasteiger partial charge in [0.1, 0.15) is 0 Å². The molecule has 26 heavy (non-hydrogen) atoms. The van der Waals surface area contributed by atoms with Crippen LogP contribution in [0.25, 0.3) is 0 Å². The Kier molecular flexibility index (Phi) is 4.29. The number of hydrogen-bond acceptors (Lipinski definition) is 4. The fourth-order valence-corrected chi connectivity index (χ4v) is 4.34. The molecule has 0 saturated carbocycles. The number of carbonyl (C=O) groups excluding carboxylic acids is 1. The zero-order chi connectivity index (χ0) is 18.3. The molecule has 2 fully saturated rings. The van der Waals surface area contributed by atoms with E-state index in [0.717, 1.165) is 36.9 Å². The molecule has 6 heteroatoms. The average Bonchev–Trinajstić information content (AvgIpc) is 3.19. The summed E-state index contributed by atoms with van der Waals surface area (Å²) in [5.41, 5.74) is 2.03. The molecule has 2 aromatic rings. The number of piperidine rings is 1. The molecule has 2 bridgehead atoms. The van der Waals surface area contributed by atoms with Crippen LogP contribution in [0, 0.1) is 0 Å². The van der Waals surface area contributed by atoms with Gasteiger partial charge in [0.2, 0.25) is 5.91 Å². The van der Waals surface area contributed by atoms with Crippen LogP contribution < -0.4 is 0 Å². The van der Waals surface area contributed by atoms with E-state index in [2.05, 4.69) is 47.2 Å². The second-order valence-electron chi connectivity index (χ2n) is 8.68. The van der Waals surface area contributed by atoms with E-state index in [9.17, 15) is 4.79 Å². The van der Waals surface area contributed by atoms with Gasteiger partial charge in [-0.3, -0.25) is 9.78 Å². The van der Waals surface area contributed by atoms with Crippen molar-refractivity contribution in [2.24, 2.45) is 0 Å². The number of pyridine rings is 1. The first-order valence-corrected chi connectivity index (χ1v) is 9.54. The summed E-state index contributed by atoms with van der Waals surface area (Å²) in [7, 11) is 0. The van der Waals surface area contributed by atoms with E-state index >= 15 is 0 Å². The van der Waals surface area contributed by atoms with Crippen molar-refractivity contribution < 1.29 is 4.79 Å². The summed E-state index contributed by atoms with van der Waals surface area (Å²) in [6.45, 7) is 6.47. The zero-order valence-electron chi connectivity index (χ0n) is 15.8. The van der Waals surface area contributed by atoms with Crippen LogP contribution >= 0.6 is 0 Å². The van der Waals surface area contributed by atoms with Gasteiger partial charge in [0.25, 0.3) is 0 Å². The Bertz CT molecular complexity index is 765. The molecule has 4 heterocycles. The van der Waals surface area contributed by atoms with Crippen molar-refractivity contribution in [1.82, 2.24) is 24.9 Å². The molecular formula is C20H27N5O. The normalized spacial score (nSPS) is 25.5. The lowest BCUT2D eigenvalue weighted by Gasteiger charge is -2.39. The second kappa shape index (κ2) is 6.49. The van der Waals surface area contributed by atoms with Crippen LogP contribution in [0.15, 0.2) is 30.7 Å². The molecule has 0 radical (unpaired) electrons. The van der Waals surface area contributed by atoms with Gasteiger partial charge in [0, 0.05) is 36.1 Å². The molecule has 4 rings (SSSR count). The molecule has 2 atom stereocenters. The van der Waals surface area contributed by atoms with Crippen LogP contribution in [0.2, 0.25) is 0 Å². The van der Waals surface area contributed by atoms with E-state index in [-0.39, 0.29) is 11.3 Å². The molecule has 0 N–H and O–H groups in total. The average molecular weight is 353 g/mol. The Labute approximate surface area is 154 Å². The first kappa shape index (κ1) is 17.2. The molecule has 2 aliphatic rings. The Morgan fingerprint density at radius 2 is 1.92 bits per heavy atom. The molecule has 0 spiro atoms. The lowest BCUT2D eigenvalue weighted by Crippen LogP contribution is -2.47. The standard InChI is InChI=1S/C20H27N5O/c1-20(2,3)18-13-24(23-22-18)17-10-15-6-7-16(11-17)25(15)19(26)9-14-5-4-8-21-12-14/h4-5,8,12-13,15-17H,6-7,9-11H2,1-3H3. The zero-order valence-corrected chi connectivity index (χ0v) is 15.8. The van der Waals surface area contributed by atoms with Crippen molar-refractivity contribution in [2.75, 3.05) is 0 Å². The molecule has 1 amide bonds. The fraction of sp³-hybridized carbons (Fsp3) is 0.600. The van der Waals surface area contributed by atoms with E-state index in [0.29, 0.717) is 24.5 Å². The number of hydrogen-bond donors (Lipinski definition) is 0. The summed E-state index contributed by atoms with van der Waals surface area (Å²) in [5.74, 6) is 0.234. The van der Waals surface area contributed by atoms with E-state index in [1.165, 1.54) is 0 Å². The van der Waals surface area contributed by atoms with Gasteiger partial charge in [0.15, 0.2) is 0 Å². The predicted octanol–water partition coefficient (Wildman–Crippen LogP) is 2.91. The molecule has 2 unspecified atom stereocenters. The third kappa shape index (κ3) is 3.24. The number of amides is 1. The van der Waals surface area contributed by atoms with Gasteiger partial charge in [-0.25, -0.2) is 4.68 Å². The summed E-state index contributed by atoms with van der Waals surface area (Å²) in [5, 5.41) is 8.76. The maximum absolute atomic E-state index is 12.9. The fourth-order valence-electron chi connectivity index (χ4n) is 4.34. The van der Waals surface area contributed by atoms with Gasteiger partial charge in [-0.1, -0.05) is 32.1 Å². The van der Waals surface area contributed by atoms with E-state index < -0.39 is 0 Å². The lowest BCUT2D eigenvalue weighted by atomic mass is 9.93. The molecule has 2 saturated heterocycles. The third-order valence-electron chi connectivity index (χ3n) is 5.73. The first-order chi connectivity index (χ1) is 12.4. The Morgan fingerprint density at radius 3 is 2.50 bits per heavy atom. The van der Waals surface area contributed by atoms with Gasteiger partial charge in [0.05, 0.1) is 18.2 Å². The highest BCUT2D eigenvalue weighted by molar-refractivity contribution is 5.79. The molecule has 2 aromatic heterocycles. The highest BCUT2D eigenvalue weighted by atomic mass is 16.2. The van der Waals surface area contributed by atoms with Crippen molar-refractivity contribution >= 4 is 5.91 Å². The molecule has 2 aliphatic heterocycles. The van der Waals surface area contributed by atoms with Gasteiger partial charge >= 0.3 is 0 Å². The summed E-state index contributed by atoms with van der Waals surface area (Å²) < 4.78 is 2.04. The lowest BCUT2D eigenvalue weighted by molar-refractivity contribution is -0.135. The number of carbonyl (C=O) groups is 1. The first-order valence-electron chi connectivity index (χ1n) is 9.54. The number of fused-ring (bicyclic) bond motifs is 2. The van der Waals surface area contributed by atoms with Gasteiger partial charge in [-0.05, 0) is 37.3 Å². The second-order valence-corrected chi connectivity index (χ2v) is 8.68. The summed E-state index contributed by atoms with van der Waals surface area (Å²) in [6.07, 6.45) is 10.2. The number of nitrogens with zero attached hydrogens (tertiary/aromatic N) is 5. The van der Waals surface area contributed by atoms with Crippen LogP contribution in [-0.4, -0.2) is 42.9 Å². The van der Waals surface area contributed by atoms with Crippen LogP contribution in [0.5, 0.6) is 0 Å². The minimum atomic E-state index is 0.0115. The third-order valence-corrected chi connectivity index (χ3v) is 5.73. The monoisotopic (exact) mass is 353 g/mol. The summed E-state index contributed by atoms with van der Waals surface area (Å²) in [6, 6.07) is 4.86. The molecule has 0 aromatic carbocycles. The molecule has 138 valence electrons. The maximum Gasteiger partial charge on any atom is 0.227 e. The summed E-state index contributed by atoms with van der Waals surface area (Å²) in [4.78, 5) is 19.1. The Balaban J connectivity index is 1.46. The largest absolute Gasteiger partial charge is 0.336 e. The van der Waals surface area contributed by atoms with E-state index in [4.69, 9.17) is 0 Å². The number of rotatable bonds is 3. The maximum atomic E-state index is 12.9. The predicted molar refractivity (Wildman–Crippen MR) is 98.6 cm³/mol. The highest BCUT2D eigenvalue weighted by Gasteiger charge is 2.43. The van der Waals surface area contributed by atoms with Crippen LogP contribution in [-0.2, 0) is 16.6 Å². The quantitative estimate of drug-likeness (QED) is 0.851. The van der Waals surface area contributed by atoms with Crippen molar-refractivity contribution in [3.8, 4) is 0 Å². The molecular weight excluding hydrogens is 326 g/mol. The highest BCUT2D eigenvalue weighted by Crippen LogP contribution is 2.41. The van der Waals surface area contributed by atoms with Gasteiger partial charge < -0.3 is 4.90 Å². The van der Waals surface area contributed by atoms with Crippen LogP contribution in [0.3, 0.4) is 0 Å². The SMILES string of the molecule is CC(C)(C)c1cn(C2CC3CCC(C2)N3C(=O)Cc2cccnc2)nn1. The summed E-state index contributed by atoms with van der Waals surface area (Å²) >= 11 is 0. The topological polar surface area (TPSA) is 63.9 Å². The van der Waals surface area contributed by atoms with Crippen LogP contribution in [0.1, 0.15) is 63.8 Å². The van der Waals surface area contributed by atoms with Crippen molar-refractivity contribution in [3.05, 3.63) is 42.0 Å². The number of aromatic nitrogens is 4. The van der Waals surface area contributed by atoms with Crippen LogP contribution in [0.4, 0.5) is 0 Å². The molecule has 0 aliphatic carbocycles. The van der Waals surface area contributed by atoms with Gasteiger partial charge in [-0.2, -0.15) is 0 Å². The van der Waals surface area contributed by atoms with Crippen molar-refractivity contribution in [3.63, 3.8) is 0 Å². The smallest absolute Gasteiger partial charge is 0.227 e. The molecule has 6 nitrogen and oxygen atoms in total.